The first-order valence-electron chi connectivity index (χ1n) is 8.56. The molecule has 0 aromatic carbocycles. The molecule has 6 heteroatoms. The van der Waals surface area contributed by atoms with E-state index in [-0.39, 0.29) is 11.9 Å². The van der Waals surface area contributed by atoms with Crippen molar-refractivity contribution in [1.82, 2.24) is 14.7 Å². The Hall–Kier alpha value is -1.66. The maximum Gasteiger partial charge on any atom is 0.264 e. The first-order valence-corrected chi connectivity index (χ1v) is 9.38. The van der Waals surface area contributed by atoms with Gasteiger partial charge in [-0.05, 0) is 38.3 Å². The maximum absolute atomic E-state index is 13.1. The van der Waals surface area contributed by atoms with Crippen molar-refractivity contribution in [3.63, 3.8) is 0 Å². The third-order valence-corrected chi connectivity index (χ3v) is 6.48. The van der Waals surface area contributed by atoms with Gasteiger partial charge in [0.15, 0.2) is 0 Å². The first kappa shape index (κ1) is 15.8. The number of hydrogen-bond acceptors (Lipinski definition) is 4. The quantitative estimate of drug-likeness (QED) is 0.840. The van der Waals surface area contributed by atoms with Crippen LogP contribution >= 0.6 is 11.3 Å². The third kappa shape index (κ3) is 2.48. The van der Waals surface area contributed by atoms with Crippen molar-refractivity contribution in [3.05, 3.63) is 38.3 Å². The number of fused-ring (bicyclic) bond motifs is 1. The van der Waals surface area contributed by atoms with Gasteiger partial charge in [-0.2, -0.15) is 5.10 Å². The fraction of sp³-hybridized carbons (Fsp3) is 0.556. The van der Waals surface area contributed by atoms with Crippen molar-refractivity contribution in [2.75, 3.05) is 13.2 Å². The molecule has 0 spiro atoms. The van der Waals surface area contributed by atoms with Gasteiger partial charge < -0.3 is 9.64 Å². The lowest BCUT2D eigenvalue weighted by Crippen LogP contribution is -2.30. The van der Waals surface area contributed by atoms with Gasteiger partial charge in [-0.15, -0.1) is 11.3 Å². The summed E-state index contributed by atoms with van der Waals surface area (Å²) in [6.07, 6.45) is 3.00. The van der Waals surface area contributed by atoms with Gasteiger partial charge in [0, 0.05) is 36.1 Å². The monoisotopic (exact) mass is 345 g/mol. The average molecular weight is 345 g/mol. The summed E-state index contributed by atoms with van der Waals surface area (Å²) in [6.45, 7) is 6.38. The van der Waals surface area contributed by atoms with Crippen LogP contribution in [0.15, 0.2) is 6.07 Å². The number of carbonyl (C=O) groups excluding carboxylic acids is 1. The molecule has 5 nitrogen and oxygen atoms in total. The number of nitrogens with zero attached hydrogens (tertiary/aromatic N) is 3. The van der Waals surface area contributed by atoms with E-state index in [1.54, 1.807) is 11.3 Å². The molecule has 0 radical (unpaired) electrons. The van der Waals surface area contributed by atoms with Crippen LogP contribution in [0.4, 0.5) is 0 Å². The highest BCUT2D eigenvalue weighted by molar-refractivity contribution is 7.14. The van der Waals surface area contributed by atoms with E-state index in [0.717, 1.165) is 48.7 Å². The van der Waals surface area contributed by atoms with E-state index in [1.807, 2.05) is 24.7 Å². The predicted molar refractivity (Wildman–Crippen MR) is 93.4 cm³/mol. The molecule has 1 saturated heterocycles. The molecule has 0 aliphatic carbocycles. The van der Waals surface area contributed by atoms with Crippen LogP contribution < -0.4 is 0 Å². The van der Waals surface area contributed by atoms with E-state index in [2.05, 4.69) is 16.9 Å². The topological polar surface area (TPSA) is 47.4 Å². The molecule has 4 rings (SSSR count). The van der Waals surface area contributed by atoms with Crippen molar-refractivity contribution in [2.24, 2.45) is 7.05 Å². The van der Waals surface area contributed by atoms with E-state index in [9.17, 15) is 4.79 Å². The number of aryl methyl sites for hydroxylation is 2. The zero-order valence-corrected chi connectivity index (χ0v) is 15.3. The standard InChI is InChI=1S/C18H23N3O2S/c1-11-17(12(2)20(3)19-11)14-5-4-7-21(14)18(22)16-9-13-10-23-8-6-15(13)24-16/h9,14H,4-8,10H2,1-3H3/t14-/m1/s1. The molecule has 2 aliphatic rings. The zero-order chi connectivity index (χ0) is 16.8. The minimum atomic E-state index is 0.154. The van der Waals surface area contributed by atoms with Crippen LogP contribution in [0.3, 0.4) is 0 Å². The highest BCUT2D eigenvalue weighted by atomic mass is 32.1. The Labute approximate surface area is 146 Å². The Morgan fingerprint density at radius 3 is 2.96 bits per heavy atom. The summed E-state index contributed by atoms with van der Waals surface area (Å²) in [5.41, 5.74) is 4.63. The molecule has 2 aromatic heterocycles. The molecule has 0 saturated carbocycles. The number of thiophene rings is 1. The van der Waals surface area contributed by atoms with Crippen molar-refractivity contribution < 1.29 is 9.53 Å². The van der Waals surface area contributed by atoms with Crippen LogP contribution in [-0.4, -0.2) is 33.7 Å². The minimum absolute atomic E-state index is 0.154. The van der Waals surface area contributed by atoms with E-state index in [1.165, 1.54) is 16.0 Å². The van der Waals surface area contributed by atoms with E-state index in [4.69, 9.17) is 4.74 Å². The molecule has 0 unspecified atom stereocenters. The molecule has 2 aromatic rings. The molecule has 128 valence electrons. The van der Waals surface area contributed by atoms with Gasteiger partial charge in [-0.25, -0.2) is 0 Å². The van der Waals surface area contributed by atoms with Crippen LogP contribution in [-0.2, 0) is 24.8 Å². The molecule has 1 fully saturated rings. The van der Waals surface area contributed by atoms with Gasteiger partial charge in [-0.1, -0.05) is 0 Å². The lowest BCUT2D eigenvalue weighted by Gasteiger charge is -2.25. The van der Waals surface area contributed by atoms with Gasteiger partial charge in [-0.3, -0.25) is 9.48 Å². The molecular formula is C18H23N3O2S. The Morgan fingerprint density at radius 2 is 2.25 bits per heavy atom. The molecule has 0 bridgehead atoms. The summed E-state index contributed by atoms with van der Waals surface area (Å²) < 4.78 is 7.43. The normalized spacial score (nSPS) is 20.5. The van der Waals surface area contributed by atoms with Gasteiger partial charge in [0.2, 0.25) is 0 Å². The van der Waals surface area contributed by atoms with Crippen LogP contribution in [0, 0.1) is 13.8 Å². The SMILES string of the molecule is Cc1nn(C)c(C)c1[C@H]1CCCN1C(=O)c1cc2c(s1)CCOC2. The smallest absolute Gasteiger partial charge is 0.264 e. The van der Waals surface area contributed by atoms with E-state index < -0.39 is 0 Å². The molecule has 0 N–H and O–H groups in total. The number of carbonyl (C=O) groups is 1. The maximum atomic E-state index is 13.1. The first-order chi connectivity index (χ1) is 11.6. The average Bonchev–Trinajstić information content (AvgIpc) is 3.25. The summed E-state index contributed by atoms with van der Waals surface area (Å²) in [6, 6.07) is 2.20. The second-order valence-electron chi connectivity index (χ2n) is 6.73. The van der Waals surface area contributed by atoms with Crippen molar-refractivity contribution >= 4 is 17.2 Å². The minimum Gasteiger partial charge on any atom is -0.376 e. The Balaban J connectivity index is 1.65. The Kier molecular flexibility index (Phi) is 3.96. The second kappa shape index (κ2) is 6.01. The Bertz CT molecular complexity index is 769. The fourth-order valence-electron chi connectivity index (χ4n) is 3.98. The number of hydrogen-bond donors (Lipinski definition) is 0. The van der Waals surface area contributed by atoms with Crippen molar-refractivity contribution in [3.8, 4) is 0 Å². The summed E-state index contributed by atoms with van der Waals surface area (Å²) in [7, 11) is 1.97. The van der Waals surface area contributed by atoms with Crippen LogP contribution in [0.5, 0.6) is 0 Å². The van der Waals surface area contributed by atoms with Gasteiger partial charge >= 0.3 is 0 Å². The number of rotatable bonds is 2. The largest absolute Gasteiger partial charge is 0.376 e. The number of ether oxygens (including phenoxy) is 1. The van der Waals surface area contributed by atoms with Crippen LogP contribution in [0.25, 0.3) is 0 Å². The highest BCUT2D eigenvalue weighted by Gasteiger charge is 2.35. The van der Waals surface area contributed by atoms with Gasteiger partial charge in [0.1, 0.15) is 0 Å². The van der Waals surface area contributed by atoms with E-state index in [0.29, 0.717) is 6.61 Å². The number of likely N-dealkylation sites (tertiary alicyclic amines) is 1. The number of amides is 1. The van der Waals surface area contributed by atoms with E-state index >= 15 is 0 Å². The predicted octanol–water partition coefficient (Wildman–Crippen LogP) is 3.15. The van der Waals surface area contributed by atoms with Crippen LogP contribution in [0.2, 0.25) is 0 Å². The van der Waals surface area contributed by atoms with Gasteiger partial charge in [0.25, 0.3) is 5.91 Å². The third-order valence-electron chi connectivity index (χ3n) is 5.25. The second-order valence-corrected chi connectivity index (χ2v) is 7.86. The zero-order valence-electron chi connectivity index (χ0n) is 14.5. The molecule has 1 atom stereocenters. The summed E-state index contributed by atoms with van der Waals surface area (Å²) in [4.78, 5) is 17.4. The Morgan fingerprint density at radius 1 is 1.42 bits per heavy atom. The van der Waals surface area contributed by atoms with Gasteiger partial charge in [0.05, 0.1) is 29.8 Å². The summed E-state index contributed by atoms with van der Waals surface area (Å²) >= 11 is 1.65. The molecule has 1 amide bonds. The molecular weight excluding hydrogens is 322 g/mol. The van der Waals surface area contributed by atoms with Crippen molar-refractivity contribution in [1.29, 1.82) is 0 Å². The lowest BCUT2D eigenvalue weighted by atomic mass is 10.0. The van der Waals surface area contributed by atoms with Crippen LogP contribution in [0.1, 0.15) is 55.9 Å². The molecule has 4 heterocycles. The molecule has 24 heavy (non-hydrogen) atoms. The lowest BCUT2D eigenvalue weighted by molar-refractivity contribution is 0.0739. The van der Waals surface area contributed by atoms with Crippen molar-refractivity contribution in [2.45, 2.75) is 45.8 Å². The summed E-state index contributed by atoms with van der Waals surface area (Å²) in [5.74, 6) is 0.166. The fourth-order valence-corrected chi connectivity index (χ4v) is 5.08. The number of aromatic nitrogens is 2. The summed E-state index contributed by atoms with van der Waals surface area (Å²) in [5, 5.41) is 4.54. The highest BCUT2D eigenvalue weighted by Crippen LogP contribution is 2.38. The molecule has 2 aliphatic heterocycles.